The molecule has 164 valence electrons. The monoisotopic (exact) mass is 447 g/mol. The van der Waals surface area contributed by atoms with Crippen molar-refractivity contribution in [2.75, 3.05) is 13.7 Å². The van der Waals surface area contributed by atoms with Crippen molar-refractivity contribution in [1.82, 2.24) is 14.8 Å². The maximum absolute atomic E-state index is 12.7. The van der Waals surface area contributed by atoms with Gasteiger partial charge in [-0.3, -0.25) is 4.57 Å². The first-order valence-corrected chi connectivity index (χ1v) is 11.0. The first-order chi connectivity index (χ1) is 15.1. The molecule has 0 saturated carbocycles. The predicted molar refractivity (Wildman–Crippen MR) is 114 cm³/mol. The topological polar surface area (TPSA) is 58.4 Å². The molecule has 1 atom stereocenters. The molecule has 4 rings (SSSR count). The Morgan fingerprint density at radius 3 is 2.68 bits per heavy atom. The van der Waals surface area contributed by atoms with Crippen LogP contribution in [0.15, 0.2) is 53.7 Å². The molecule has 1 aliphatic heterocycles. The van der Waals surface area contributed by atoms with Gasteiger partial charge < -0.3 is 14.2 Å². The lowest BCUT2D eigenvalue weighted by Gasteiger charge is -2.15. The fraction of sp³-hybridized carbons (Fsp3) is 0.364. The number of aromatic nitrogens is 3. The van der Waals surface area contributed by atoms with Crippen molar-refractivity contribution in [3.63, 3.8) is 0 Å². The molecule has 9 heteroatoms. The molecule has 31 heavy (non-hydrogen) atoms. The van der Waals surface area contributed by atoms with Crippen LogP contribution in [-0.4, -0.2) is 41.2 Å². The molecule has 3 aromatic rings. The van der Waals surface area contributed by atoms with Crippen LogP contribution in [0.1, 0.15) is 18.4 Å². The van der Waals surface area contributed by atoms with Gasteiger partial charge in [0.05, 0.1) is 19.8 Å². The maximum Gasteiger partial charge on any atom is 0.387 e. The standard InChI is InChI=1S/C22H23F2N3O3S/c1-28-17-10-8-15(9-11-17)20-25-26-22(27(20)13-18-6-4-12-29-18)31-14-16-5-2-3-7-19(16)30-21(23)24/h2-3,5,7-11,18,21H,4,6,12-14H2,1H3. The first-order valence-electron chi connectivity index (χ1n) is 9.99. The summed E-state index contributed by atoms with van der Waals surface area (Å²) in [4.78, 5) is 0. The van der Waals surface area contributed by atoms with Gasteiger partial charge >= 0.3 is 6.61 Å². The van der Waals surface area contributed by atoms with Crippen LogP contribution in [0.4, 0.5) is 8.78 Å². The van der Waals surface area contributed by atoms with E-state index in [4.69, 9.17) is 9.47 Å². The molecule has 1 saturated heterocycles. The Kier molecular flexibility index (Phi) is 7.03. The summed E-state index contributed by atoms with van der Waals surface area (Å²) in [6, 6.07) is 14.4. The van der Waals surface area contributed by atoms with Gasteiger partial charge in [-0.2, -0.15) is 8.78 Å². The summed E-state index contributed by atoms with van der Waals surface area (Å²) in [6.45, 7) is -1.48. The predicted octanol–water partition coefficient (Wildman–Crippen LogP) is 5.03. The Labute approximate surface area is 183 Å². The molecule has 0 radical (unpaired) electrons. The Bertz CT molecular complexity index is 992. The van der Waals surface area contributed by atoms with Crippen molar-refractivity contribution in [3.05, 3.63) is 54.1 Å². The van der Waals surface area contributed by atoms with Crippen LogP contribution in [-0.2, 0) is 17.0 Å². The average molecular weight is 448 g/mol. The molecule has 1 unspecified atom stereocenters. The molecule has 0 spiro atoms. The summed E-state index contributed by atoms with van der Waals surface area (Å²) in [7, 11) is 1.62. The number of methoxy groups -OCH3 is 1. The van der Waals surface area contributed by atoms with Gasteiger partial charge in [-0.1, -0.05) is 30.0 Å². The highest BCUT2D eigenvalue weighted by Gasteiger charge is 2.22. The van der Waals surface area contributed by atoms with E-state index in [1.807, 2.05) is 28.8 Å². The van der Waals surface area contributed by atoms with E-state index < -0.39 is 6.61 Å². The van der Waals surface area contributed by atoms with Gasteiger partial charge in [0.25, 0.3) is 0 Å². The maximum atomic E-state index is 12.7. The van der Waals surface area contributed by atoms with Gasteiger partial charge in [0.1, 0.15) is 11.5 Å². The molecule has 6 nitrogen and oxygen atoms in total. The largest absolute Gasteiger partial charge is 0.497 e. The van der Waals surface area contributed by atoms with Crippen LogP contribution in [0.2, 0.25) is 0 Å². The van der Waals surface area contributed by atoms with E-state index in [9.17, 15) is 8.78 Å². The van der Waals surface area contributed by atoms with E-state index in [1.54, 1.807) is 31.4 Å². The van der Waals surface area contributed by atoms with Crippen molar-refractivity contribution in [2.45, 2.75) is 43.0 Å². The minimum atomic E-state index is -2.86. The zero-order valence-corrected chi connectivity index (χ0v) is 17.9. The van der Waals surface area contributed by atoms with Crippen LogP contribution in [0.25, 0.3) is 11.4 Å². The van der Waals surface area contributed by atoms with Crippen molar-refractivity contribution in [2.24, 2.45) is 0 Å². The van der Waals surface area contributed by atoms with Gasteiger partial charge in [0.15, 0.2) is 11.0 Å². The second-order valence-electron chi connectivity index (χ2n) is 7.06. The van der Waals surface area contributed by atoms with Crippen LogP contribution in [0, 0.1) is 0 Å². The highest BCUT2D eigenvalue weighted by molar-refractivity contribution is 7.98. The highest BCUT2D eigenvalue weighted by atomic mass is 32.2. The summed E-state index contributed by atoms with van der Waals surface area (Å²) in [5, 5.41) is 9.50. The summed E-state index contributed by atoms with van der Waals surface area (Å²) >= 11 is 1.43. The van der Waals surface area contributed by atoms with E-state index >= 15 is 0 Å². The van der Waals surface area contributed by atoms with Crippen molar-refractivity contribution in [3.8, 4) is 22.9 Å². The van der Waals surface area contributed by atoms with Gasteiger partial charge in [-0.25, -0.2) is 0 Å². The fourth-order valence-electron chi connectivity index (χ4n) is 3.48. The van der Waals surface area contributed by atoms with Gasteiger partial charge in [0, 0.05) is 23.5 Å². The summed E-state index contributed by atoms with van der Waals surface area (Å²) in [5.41, 5.74) is 1.59. The third-order valence-corrected chi connectivity index (χ3v) is 6.04. The Morgan fingerprint density at radius 1 is 1.16 bits per heavy atom. The van der Waals surface area contributed by atoms with Crippen LogP contribution >= 0.6 is 11.8 Å². The van der Waals surface area contributed by atoms with Crippen LogP contribution in [0.3, 0.4) is 0 Å². The minimum absolute atomic E-state index is 0.0989. The highest BCUT2D eigenvalue weighted by Crippen LogP contribution is 2.31. The third kappa shape index (κ3) is 5.34. The molecule has 0 N–H and O–H groups in total. The van der Waals surface area contributed by atoms with E-state index in [0.29, 0.717) is 23.0 Å². The van der Waals surface area contributed by atoms with Crippen molar-refractivity contribution < 1.29 is 23.0 Å². The number of hydrogen-bond acceptors (Lipinski definition) is 6. The molecular weight excluding hydrogens is 424 g/mol. The Hall–Kier alpha value is -2.65. The lowest BCUT2D eigenvalue weighted by molar-refractivity contribution is -0.0503. The quantitative estimate of drug-likeness (QED) is 0.429. The van der Waals surface area contributed by atoms with E-state index in [1.165, 1.54) is 11.8 Å². The van der Waals surface area contributed by atoms with Gasteiger partial charge in [0.2, 0.25) is 0 Å². The van der Waals surface area contributed by atoms with Crippen LogP contribution < -0.4 is 9.47 Å². The van der Waals surface area contributed by atoms with E-state index in [-0.39, 0.29) is 11.9 Å². The number of benzene rings is 2. The fourth-order valence-corrected chi connectivity index (χ4v) is 4.42. The smallest absolute Gasteiger partial charge is 0.387 e. The Balaban J connectivity index is 1.59. The normalized spacial score (nSPS) is 16.1. The number of halogens is 2. The van der Waals surface area contributed by atoms with E-state index in [0.717, 1.165) is 36.6 Å². The third-order valence-electron chi connectivity index (χ3n) is 5.02. The molecule has 1 aromatic heterocycles. The molecule has 0 bridgehead atoms. The number of alkyl halides is 2. The van der Waals surface area contributed by atoms with Crippen LogP contribution in [0.5, 0.6) is 11.5 Å². The number of nitrogens with zero attached hydrogens (tertiary/aromatic N) is 3. The Morgan fingerprint density at radius 2 is 1.97 bits per heavy atom. The second-order valence-corrected chi connectivity index (χ2v) is 8.00. The number of thioether (sulfide) groups is 1. The second kappa shape index (κ2) is 10.1. The van der Waals surface area contributed by atoms with Gasteiger partial charge in [-0.05, 0) is 43.2 Å². The summed E-state index contributed by atoms with van der Waals surface area (Å²) in [5.74, 6) is 2.09. The van der Waals surface area contributed by atoms with Crippen molar-refractivity contribution >= 4 is 11.8 Å². The molecule has 0 aliphatic carbocycles. The molecule has 2 aromatic carbocycles. The zero-order valence-electron chi connectivity index (χ0n) is 17.0. The lowest BCUT2D eigenvalue weighted by atomic mass is 10.2. The molecule has 1 fully saturated rings. The summed E-state index contributed by atoms with van der Waals surface area (Å²) < 4.78 is 43.2. The SMILES string of the molecule is COc1ccc(-c2nnc(SCc3ccccc3OC(F)F)n2CC2CCCO2)cc1. The lowest BCUT2D eigenvalue weighted by Crippen LogP contribution is -2.16. The van der Waals surface area contributed by atoms with Gasteiger partial charge in [-0.15, -0.1) is 10.2 Å². The molecule has 0 amide bonds. The number of para-hydroxylation sites is 1. The zero-order chi connectivity index (χ0) is 21.6. The number of rotatable bonds is 9. The van der Waals surface area contributed by atoms with Crippen molar-refractivity contribution in [1.29, 1.82) is 0 Å². The van der Waals surface area contributed by atoms with E-state index in [2.05, 4.69) is 14.9 Å². The molecule has 2 heterocycles. The number of hydrogen-bond donors (Lipinski definition) is 0. The summed E-state index contributed by atoms with van der Waals surface area (Å²) in [6.07, 6.45) is 2.11. The first kappa shape index (κ1) is 21.6. The number of ether oxygens (including phenoxy) is 3. The average Bonchev–Trinajstić information content (AvgIpc) is 3.43. The molecule has 1 aliphatic rings. The minimum Gasteiger partial charge on any atom is -0.497 e. The molecular formula is C22H23F2N3O3S.